The molecule has 0 saturated carbocycles. The van der Waals surface area contributed by atoms with Gasteiger partial charge in [0, 0.05) is 10.8 Å². The molecule has 0 aliphatic heterocycles. The number of sulfonamides is 1. The van der Waals surface area contributed by atoms with Gasteiger partial charge in [0.25, 0.3) is 0 Å². The van der Waals surface area contributed by atoms with Crippen molar-refractivity contribution in [3.63, 3.8) is 0 Å². The fraction of sp³-hybridized carbons (Fsp3) is 0.111. The number of thiophene rings is 1. The maximum Gasteiger partial charge on any atom is 0.241 e. The standard InChI is InChI=1S/C9H8ClNO2S2/c1-11-15(12,13)8-5-14-9-6(8)3-2-4-7(9)10/h2-5,11H,1H3. The van der Waals surface area contributed by atoms with Gasteiger partial charge in [0.1, 0.15) is 4.90 Å². The minimum Gasteiger partial charge on any atom is -0.214 e. The molecule has 15 heavy (non-hydrogen) atoms. The monoisotopic (exact) mass is 261 g/mol. The molecule has 80 valence electrons. The van der Waals surface area contributed by atoms with Gasteiger partial charge < -0.3 is 0 Å². The Morgan fingerprint density at radius 2 is 2.13 bits per heavy atom. The molecule has 0 radical (unpaired) electrons. The lowest BCUT2D eigenvalue weighted by molar-refractivity contribution is 0.589. The summed E-state index contributed by atoms with van der Waals surface area (Å²) in [6, 6.07) is 5.24. The maximum atomic E-state index is 11.6. The number of nitrogens with one attached hydrogen (secondary N) is 1. The molecule has 1 aromatic heterocycles. The molecular weight excluding hydrogens is 254 g/mol. The molecular formula is C9H8ClNO2S2. The van der Waals surface area contributed by atoms with Gasteiger partial charge >= 0.3 is 0 Å². The van der Waals surface area contributed by atoms with Crippen LogP contribution in [-0.2, 0) is 10.0 Å². The first kappa shape index (κ1) is 10.9. The van der Waals surface area contributed by atoms with Crippen LogP contribution in [-0.4, -0.2) is 15.5 Å². The number of hydrogen-bond acceptors (Lipinski definition) is 3. The highest BCUT2D eigenvalue weighted by molar-refractivity contribution is 7.89. The molecule has 0 amide bonds. The highest BCUT2D eigenvalue weighted by atomic mass is 35.5. The van der Waals surface area contributed by atoms with E-state index >= 15 is 0 Å². The summed E-state index contributed by atoms with van der Waals surface area (Å²) < 4.78 is 26.4. The van der Waals surface area contributed by atoms with Crippen LogP contribution in [0.25, 0.3) is 10.1 Å². The molecule has 2 aromatic rings. The van der Waals surface area contributed by atoms with Gasteiger partial charge in [-0.3, -0.25) is 0 Å². The summed E-state index contributed by atoms with van der Waals surface area (Å²) in [5, 5.41) is 2.85. The number of rotatable bonds is 2. The van der Waals surface area contributed by atoms with E-state index in [0.717, 1.165) is 4.70 Å². The molecule has 0 aliphatic rings. The number of benzene rings is 1. The van der Waals surface area contributed by atoms with Crippen molar-refractivity contribution >= 4 is 43.0 Å². The normalized spacial score (nSPS) is 12.1. The Kier molecular flexibility index (Phi) is 2.72. The van der Waals surface area contributed by atoms with Crippen molar-refractivity contribution < 1.29 is 8.42 Å². The van der Waals surface area contributed by atoms with Gasteiger partial charge in [-0.1, -0.05) is 23.7 Å². The molecule has 0 saturated heterocycles. The van der Waals surface area contributed by atoms with Gasteiger partial charge in [-0.05, 0) is 13.1 Å². The van der Waals surface area contributed by atoms with Crippen LogP contribution in [0.15, 0.2) is 28.5 Å². The molecule has 0 bridgehead atoms. The van der Waals surface area contributed by atoms with Crippen LogP contribution in [0.1, 0.15) is 0 Å². The molecule has 3 nitrogen and oxygen atoms in total. The van der Waals surface area contributed by atoms with E-state index in [-0.39, 0.29) is 4.90 Å². The van der Waals surface area contributed by atoms with Gasteiger partial charge in [0.15, 0.2) is 0 Å². The van der Waals surface area contributed by atoms with E-state index in [2.05, 4.69) is 4.72 Å². The lowest BCUT2D eigenvalue weighted by Crippen LogP contribution is -2.17. The van der Waals surface area contributed by atoms with E-state index in [9.17, 15) is 8.42 Å². The van der Waals surface area contributed by atoms with Crippen LogP contribution in [0.5, 0.6) is 0 Å². The Balaban J connectivity index is 2.81. The number of halogens is 1. The number of fused-ring (bicyclic) bond motifs is 1. The van der Waals surface area contributed by atoms with Crippen molar-refractivity contribution in [2.75, 3.05) is 7.05 Å². The van der Waals surface area contributed by atoms with E-state index < -0.39 is 10.0 Å². The van der Waals surface area contributed by atoms with Crippen LogP contribution >= 0.6 is 22.9 Å². The van der Waals surface area contributed by atoms with Crippen molar-refractivity contribution in [3.8, 4) is 0 Å². The Morgan fingerprint density at radius 3 is 2.80 bits per heavy atom. The highest BCUT2D eigenvalue weighted by Crippen LogP contribution is 2.33. The van der Waals surface area contributed by atoms with Crippen LogP contribution in [0.4, 0.5) is 0 Å². The van der Waals surface area contributed by atoms with Crippen LogP contribution in [0.3, 0.4) is 0 Å². The highest BCUT2D eigenvalue weighted by Gasteiger charge is 2.17. The zero-order valence-corrected chi connectivity index (χ0v) is 10.2. The predicted molar refractivity (Wildman–Crippen MR) is 63.1 cm³/mol. The van der Waals surface area contributed by atoms with Crippen molar-refractivity contribution in [3.05, 3.63) is 28.6 Å². The Labute approximate surface area is 96.7 Å². The van der Waals surface area contributed by atoms with E-state index in [1.807, 2.05) is 0 Å². The molecule has 0 spiro atoms. The second-order valence-electron chi connectivity index (χ2n) is 2.92. The zero-order valence-electron chi connectivity index (χ0n) is 7.82. The van der Waals surface area contributed by atoms with Crippen molar-refractivity contribution in [2.24, 2.45) is 0 Å². The molecule has 2 rings (SSSR count). The van der Waals surface area contributed by atoms with E-state index in [0.29, 0.717) is 10.4 Å². The van der Waals surface area contributed by atoms with E-state index in [1.165, 1.54) is 18.4 Å². The molecule has 0 atom stereocenters. The predicted octanol–water partition coefficient (Wildman–Crippen LogP) is 2.46. The topological polar surface area (TPSA) is 46.2 Å². The minimum atomic E-state index is -3.40. The molecule has 0 aliphatic carbocycles. The summed E-state index contributed by atoms with van der Waals surface area (Å²) in [6.07, 6.45) is 0. The van der Waals surface area contributed by atoms with Crippen LogP contribution in [0.2, 0.25) is 5.02 Å². The Hall–Kier alpha value is -0.620. The van der Waals surface area contributed by atoms with Gasteiger partial charge in [0.05, 0.1) is 9.72 Å². The molecule has 0 unspecified atom stereocenters. The quantitative estimate of drug-likeness (QED) is 0.903. The SMILES string of the molecule is CNS(=O)(=O)c1csc2c(Cl)cccc12. The fourth-order valence-electron chi connectivity index (χ4n) is 1.32. The lowest BCUT2D eigenvalue weighted by Gasteiger charge is -2.00. The fourth-order valence-corrected chi connectivity index (χ4v) is 3.86. The average Bonchev–Trinajstić information content (AvgIpc) is 2.63. The summed E-state index contributed by atoms with van der Waals surface area (Å²) in [5.41, 5.74) is 0. The summed E-state index contributed by atoms with van der Waals surface area (Å²) in [4.78, 5) is 0.285. The Bertz CT molecular complexity index is 604. The first-order chi connectivity index (χ1) is 7.06. The van der Waals surface area contributed by atoms with Crippen LogP contribution < -0.4 is 4.72 Å². The summed E-state index contributed by atoms with van der Waals surface area (Å²) in [7, 11) is -2.00. The molecule has 0 fully saturated rings. The third-order valence-electron chi connectivity index (χ3n) is 2.07. The first-order valence-corrected chi connectivity index (χ1v) is 6.89. The van der Waals surface area contributed by atoms with Gasteiger partial charge in [-0.15, -0.1) is 11.3 Å². The third-order valence-corrected chi connectivity index (χ3v) is 5.13. The molecule has 1 heterocycles. The molecule has 1 aromatic carbocycles. The molecule has 1 N–H and O–H groups in total. The minimum absolute atomic E-state index is 0.285. The first-order valence-electron chi connectivity index (χ1n) is 4.15. The van der Waals surface area contributed by atoms with Crippen molar-refractivity contribution in [1.29, 1.82) is 0 Å². The summed E-state index contributed by atoms with van der Waals surface area (Å²) in [5.74, 6) is 0. The van der Waals surface area contributed by atoms with Crippen molar-refractivity contribution in [2.45, 2.75) is 4.90 Å². The zero-order chi connectivity index (χ0) is 11.1. The summed E-state index contributed by atoms with van der Waals surface area (Å²) >= 11 is 7.29. The third kappa shape index (κ3) is 1.76. The Morgan fingerprint density at radius 1 is 1.40 bits per heavy atom. The maximum absolute atomic E-state index is 11.6. The van der Waals surface area contributed by atoms with Gasteiger partial charge in [0.2, 0.25) is 10.0 Å². The number of hydrogen-bond donors (Lipinski definition) is 1. The lowest BCUT2D eigenvalue weighted by atomic mass is 10.3. The van der Waals surface area contributed by atoms with Gasteiger partial charge in [-0.2, -0.15) is 0 Å². The van der Waals surface area contributed by atoms with Gasteiger partial charge in [-0.25, -0.2) is 13.1 Å². The smallest absolute Gasteiger partial charge is 0.214 e. The average molecular weight is 262 g/mol. The second-order valence-corrected chi connectivity index (χ2v) is 6.07. The largest absolute Gasteiger partial charge is 0.241 e. The summed E-state index contributed by atoms with van der Waals surface area (Å²) in [6.45, 7) is 0. The molecule has 6 heteroatoms. The van der Waals surface area contributed by atoms with E-state index in [1.54, 1.807) is 23.6 Å². The van der Waals surface area contributed by atoms with Crippen molar-refractivity contribution in [1.82, 2.24) is 4.72 Å². The van der Waals surface area contributed by atoms with Crippen LogP contribution in [0, 0.1) is 0 Å². The van der Waals surface area contributed by atoms with E-state index in [4.69, 9.17) is 11.6 Å². The second kappa shape index (κ2) is 3.75.